The predicted octanol–water partition coefficient (Wildman–Crippen LogP) is 0.493. The van der Waals surface area contributed by atoms with E-state index in [1.54, 1.807) is 27.7 Å². The molecule has 10 heteroatoms. The second-order valence-electron chi connectivity index (χ2n) is 7.29. The van der Waals surface area contributed by atoms with Crippen LogP contribution in [0.2, 0.25) is 0 Å². The predicted molar refractivity (Wildman–Crippen MR) is 98.4 cm³/mol. The van der Waals surface area contributed by atoms with Crippen LogP contribution in [0.4, 0.5) is 4.79 Å². The molecule has 1 aromatic heterocycles. The first kappa shape index (κ1) is 22.3. The van der Waals surface area contributed by atoms with Crippen molar-refractivity contribution in [3.05, 3.63) is 33.1 Å². The summed E-state index contributed by atoms with van der Waals surface area (Å²) in [5.41, 5.74) is -2.70. The van der Waals surface area contributed by atoms with Gasteiger partial charge < -0.3 is 24.1 Å². The summed E-state index contributed by atoms with van der Waals surface area (Å²) in [6.45, 7) is 9.38. The smallest absolute Gasteiger partial charge is 0.425 e. The molecule has 1 saturated heterocycles. The summed E-state index contributed by atoms with van der Waals surface area (Å²) in [4.78, 5) is 37.2. The Morgan fingerprint density at radius 3 is 2.50 bits per heavy atom. The second kappa shape index (κ2) is 8.99. The molecule has 4 atom stereocenters. The highest BCUT2D eigenvalue weighted by Gasteiger charge is 2.46. The van der Waals surface area contributed by atoms with E-state index in [4.69, 9.17) is 18.9 Å². The van der Waals surface area contributed by atoms with E-state index in [-0.39, 0.29) is 6.61 Å². The number of aromatic nitrogens is 2. The van der Waals surface area contributed by atoms with Gasteiger partial charge in [-0.3, -0.25) is 9.36 Å². The third-order valence-corrected chi connectivity index (χ3v) is 4.02. The van der Waals surface area contributed by atoms with E-state index in [1.807, 2.05) is 6.92 Å². The normalized spacial score (nSPS) is 25.1. The number of hydrogen-bond acceptors (Lipinski definition) is 8. The molecular weight excluding hydrogens is 372 g/mol. The van der Waals surface area contributed by atoms with Crippen molar-refractivity contribution in [1.29, 1.82) is 0 Å². The van der Waals surface area contributed by atoms with Gasteiger partial charge in [0.15, 0.2) is 6.23 Å². The summed E-state index contributed by atoms with van der Waals surface area (Å²) in [6, 6.07) is 1.03. The molecule has 1 N–H and O–H groups in total. The van der Waals surface area contributed by atoms with E-state index in [0.29, 0.717) is 17.8 Å². The number of nitrogens with zero attached hydrogens (tertiary/aromatic N) is 2. The Kier molecular flexibility index (Phi) is 7.16. The van der Waals surface area contributed by atoms with E-state index in [1.165, 1.54) is 6.20 Å². The van der Waals surface area contributed by atoms with E-state index >= 15 is 0 Å². The summed E-state index contributed by atoms with van der Waals surface area (Å²) in [5, 5.41) is 10.6. The van der Waals surface area contributed by atoms with Crippen molar-refractivity contribution in [1.82, 2.24) is 9.13 Å². The van der Waals surface area contributed by atoms with Crippen LogP contribution in [-0.4, -0.2) is 64.1 Å². The molecule has 1 aliphatic heterocycles. The highest BCUT2D eigenvalue weighted by molar-refractivity contribution is 5.70. The molecule has 1 unspecified atom stereocenters. The Morgan fingerprint density at radius 1 is 1.25 bits per heavy atom. The fourth-order valence-electron chi connectivity index (χ4n) is 2.88. The van der Waals surface area contributed by atoms with Gasteiger partial charge in [-0.25, -0.2) is 9.59 Å². The van der Waals surface area contributed by atoms with E-state index < -0.39 is 47.5 Å². The Balaban J connectivity index is 2.39. The zero-order chi connectivity index (χ0) is 21.1. The van der Waals surface area contributed by atoms with E-state index in [2.05, 4.69) is 0 Å². The van der Waals surface area contributed by atoms with Crippen LogP contribution in [0.25, 0.3) is 0 Å². The number of carbonyl (C=O) groups is 1. The molecule has 2 rings (SSSR count). The van der Waals surface area contributed by atoms with Gasteiger partial charge in [0.1, 0.15) is 23.9 Å². The monoisotopic (exact) mass is 400 g/mol. The summed E-state index contributed by atoms with van der Waals surface area (Å²) in [6.07, 6.45) is -3.62. The number of rotatable bonds is 6. The molecule has 0 radical (unpaired) electrons. The number of hydrogen-bond donors (Lipinski definition) is 1. The average Bonchev–Trinajstić information content (AvgIpc) is 2.88. The van der Waals surface area contributed by atoms with Crippen molar-refractivity contribution in [2.45, 2.75) is 64.8 Å². The average molecular weight is 400 g/mol. The van der Waals surface area contributed by atoms with E-state index in [0.717, 1.165) is 10.6 Å². The molecule has 0 aromatic carbocycles. The lowest BCUT2D eigenvalue weighted by Gasteiger charge is -2.21. The van der Waals surface area contributed by atoms with Crippen LogP contribution in [0, 0.1) is 0 Å². The van der Waals surface area contributed by atoms with Gasteiger partial charge in [0, 0.05) is 25.5 Å². The van der Waals surface area contributed by atoms with Gasteiger partial charge >= 0.3 is 11.8 Å². The standard InChI is InChI=1S/C18H28N2O8/c1-6-25-10-11-14(26-7-2)13(22)15(27-11)19-9-8-12(21)20(16(19)23)17(24)28-18(3,4)5/h8-9,11,13-15,22H,6-7,10H2,1-5H3/t11-,13+,14?,15-/m1/s1. The molecule has 1 aliphatic rings. The lowest BCUT2D eigenvalue weighted by atomic mass is 10.1. The highest BCUT2D eigenvalue weighted by Crippen LogP contribution is 2.30. The SMILES string of the molecule is CCOC[C@H]1O[C@@H](n2ccc(=O)n(C(=O)OC(C)(C)C)c2=O)[C@@H](O)C1OCC. The number of carbonyl (C=O) groups excluding carboxylic acids is 1. The van der Waals surface area contributed by atoms with Gasteiger partial charge in [0.2, 0.25) is 0 Å². The molecular formula is C18H28N2O8. The van der Waals surface area contributed by atoms with Crippen molar-refractivity contribution >= 4 is 6.09 Å². The number of aliphatic hydroxyl groups is 1. The van der Waals surface area contributed by atoms with Crippen LogP contribution in [0.3, 0.4) is 0 Å². The minimum atomic E-state index is -1.20. The third-order valence-electron chi connectivity index (χ3n) is 4.02. The maximum absolute atomic E-state index is 12.8. The van der Waals surface area contributed by atoms with Crippen molar-refractivity contribution in [2.24, 2.45) is 0 Å². The van der Waals surface area contributed by atoms with Gasteiger partial charge in [-0.15, -0.1) is 0 Å². The Hall–Kier alpha value is -2.01. The van der Waals surface area contributed by atoms with Gasteiger partial charge in [-0.05, 0) is 34.6 Å². The van der Waals surface area contributed by atoms with Crippen molar-refractivity contribution < 1.29 is 28.8 Å². The molecule has 0 aliphatic carbocycles. The highest BCUT2D eigenvalue weighted by atomic mass is 16.6. The molecule has 0 amide bonds. The maximum atomic E-state index is 12.8. The van der Waals surface area contributed by atoms with Crippen LogP contribution < -0.4 is 11.2 Å². The zero-order valence-corrected chi connectivity index (χ0v) is 16.8. The summed E-state index contributed by atoms with van der Waals surface area (Å²) in [5.74, 6) is 0. The quantitative estimate of drug-likeness (QED) is 0.733. The first-order valence-corrected chi connectivity index (χ1v) is 9.21. The minimum Gasteiger partial charge on any atom is -0.443 e. The van der Waals surface area contributed by atoms with Gasteiger partial charge in [0.25, 0.3) is 5.56 Å². The molecule has 2 heterocycles. The van der Waals surface area contributed by atoms with Crippen molar-refractivity contribution in [3.63, 3.8) is 0 Å². The van der Waals surface area contributed by atoms with E-state index in [9.17, 15) is 19.5 Å². The van der Waals surface area contributed by atoms with Crippen molar-refractivity contribution in [3.8, 4) is 0 Å². The fourth-order valence-corrected chi connectivity index (χ4v) is 2.88. The molecule has 158 valence electrons. The van der Waals surface area contributed by atoms with Crippen LogP contribution in [0.1, 0.15) is 40.8 Å². The minimum absolute atomic E-state index is 0.162. The first-order valence-electron chi connectivity index (χ1n) is 9.21. The summed E-state index contributed by atoms with van der Waals surface area (Å²) >= 11 is 0. The number of ether oxygens (including phenoxy) is 4. The second-order valence-corrected chi connectivity index (χ2v) is 7.29. The fraction of sp³-hybridized carbons (Fsp3) is 0.722. The van der Waals surface area contributed by atoms with Crippen LogP contribution in [-0.2, 0) is 18.9 Å². The Labute approximate surface area is 162 Å². The van der Waals surface area contributed by atoms with Crippen LogP contribution in [0.15, 0.2) is 21.9 Å². The summed E-state index contributed by atoms with van der Waals surface area (Å²) in [7, 11) is 0. The van der Waals surface area contributed by atoms with Gasteiger partial charge in [-0.2, -0.15) is 4.57 Å². The molecule has 0 spiro atoms. The van der Waals surface area contributed by atoms with Gasteiger partial charge in [-0.1, -0.05) is 0 Å². The third kappa shape index (κ3) is 4.88. The molecule has 0 bridgehead atoms. The maximum Gasteiger partial charge on any atom is 0.425 e. The largest absolute Gasteiger partial charge is 0.443 e. The lowest BCUT2D eigenvalue weighted by molar-refractivity contribution is -0.0745. The number of aliphatic hydroxyl groups excluding tert-OH is 1. The topological polar surface area (TPSA) is 118 Å². The molecule has 0 saturated carbocycles. The lowest BCUT2D eigenvalue weighted by Crippen LogP contribution is -2.47. The molecule has 1 aromatic rings. The van der Waals surface area contributed by atoms with Crippen LogP contribution >= 0.6 is 0 Å². The van der Waals surface area contributed by atoms with Gasteiger partial charge in [0.05, 0.1) is 6.61 Å². The molecule has 1 fully saturated rings. The molecule has 28 heavy (non-hydrogen) atoms. The Morgan fingerprint density at radius 2 is 1.93 bits per heavy atom. The summed E-state index contributed by atoms with van der Waals surface area (Å²) < 4.78 is 23.2. The zero-order valence-electron chi connectivity index (χ0n) is 16.8. The first-order chi connectivity index (χ1) is 13.1. The van der Waals surface area contributed by atoms with Crippen molar-refractivity contribution in [2.75, 3.05) is 19.8 Å². The van der Waals surface area contributed by atoms with Crippen LogP contribution in [0.5, 0.6) is 0 Å². The Bertz CT molecular complexity index is 794. The molecule has 10 nitrogen and oxygen atoms in total.